The van der Waals surface area contributed by atoms with Gasteiger partial charge in [-0.3, -0.25) is 4.79 Å². The van der Waals surface area contributed by atoms with Crippen LogP contribution >= 0.6 is 0 Å². The van der Waals surface area contributed by atoms with Crippen molar-refractivity contribution in [2.75, 3.05) is 21.3 Å². The zero-order chi connectivity index (χ0) is 13.9. The highest BCUT2D eigenvalue weighted by Crippen LogP contribution is 2.40. The van der Waals surface area contributed by atoms with E-state index >= 15 is 0 Å². The van der Waals surface area contributed by atoms with Gasteiger partial charge < -0.3 is 14.2 Å². The van der Waals surface area contributed by atoms with E-state index in [-0.39, 0.29) is 5.78 Å². The summed E-state index contributed by atoms with van der Waals surface area (Å²) in [6, 6.07) is 5.35. The van der Waals surface area contributed by atoms with E-state index in [1.54, 1.807) is 33.5 Å². The van der Waals surface area contributed by atoms with Gasteiger partial charge >= 0.3 is 0 Å². The first-order valence-electron chi connectivity index (χ1n) is 6.49. The Morgan fingerprint density at radius 1 is 1.05 bits per heavy atom. The summed E-state index contributed by atoms with van der Waals surface area (Å²) in [6.07, 6.45) is 3.53. The minimum atomic E-state index is -0.720. The van der Waals surface area contributed by atoms with Gasteiger partial charge in [0.1, 0.15) is 22.7 Å². The Bertz CT molecular complexity index is 439. The Labute approximate surface area is 113 Å². The van der Waals surface area contributed by atoms with Crippen LogP contribution < -0.4 is 9.47 Å². The predicted octanol–water partition coefficient (Wildman–Crippen LogP) is 2.85. The van der Waals surface area contributed by atoms with Gasteiger partial charge in [0.25, 0.3) is 0 Å². The molecule has 1 saturated carbocycles. The summed E-state index contributed by atoms with van der Waals surface area (Å²) in [5.74, 6) is 1.03. The number of ketones is 1. The SMILES string of the molecule is COc1cccc(OC)c1C(=O)C1(OC)CCCC1. The number of methoxy groups -OCH3 is 3. The van der Waals surface area contributed by atoms with E-state index in [0.717, 1.165) is 25.7 Å². The van der Waals surface area contributed by atoms with Crippen molar-refractivity contribution in [3.8, 4) is 11.5 Å². The highest BCUT2D eigenvalue weighted by molar-refractivity contribution is 6.07. The van der Waals surface area contributed by atoms with E-state index in [0.29, 0.717) is 17.1 Å². The van der Waals surface area contributed by atoms with Crippen LogP contribution in [-0.2, 0) is 4.74 Å². The highest BCUT2D eigenvalue weighted by atomic mass is 16.5. The lowest BCUT2D eigenvalue weighted by molar-refractivity contribution is 0.00559. The molecule has 0 atom stereocenters. The third-order valence-corrected chi connectivity index (χ3v) is 3.87. The lowest BCUT2D eigenvalue weighted by Gasteiger charge is -2.27. The third-order valence-electron chi connectivity index (χ3n) is 3.87. The first-order valence-corrected chi connectivity index (χ1v) is 6.49. The molecule has 1 fully saturated rings. The molecule has 0 spiro atoms. The Morgan fingerprint density at radius 2 is 1.58 bits per heavy atom. The number of Topliss-reactive ketones (excluding diaryl/α,β-unsaturated/α-hetero) is 1. The summed E-state index contributed by atoms with van der Waals surface area (Å²) in [5, 5.41) is 0. The van der Waals surface area contributed by atoms with E-state index in [9.17, 15) is 4.79 Å². The van der Waals surface area contributed by atoms with E-state index in [1.165, 1.54) is 0 Å². The second kappa shape index (κ2) is 5.61. The van der Waals surface area contributed by atoms with Crippen LogP contribution in [0.3, 0.4) is 0 Å². The van der Waals surface area contributed by atoms with Gasteiger partial charge in [0.15, 0.2) is 0 Å². The lowest BCUT2D eigenvalue weighted by Crippen LogP contribution is -2.38. The largest absolute Gasteiger partial charge is 0.496 e. The van der Waals surface area contributed by atoms with Crippen LogP contribution in [0.2, 0.25) is 0 Å². The molecular weight excluding hydrogens is 244 g/mol. The summed E-state index contributed by atoms with van der Waals surface area (Å²) in [6.45, 7) is 0. The fourth-order valence-corrected chi connectivity index (χ4v) is 2.77. The molecule has 1 aliphatic rings. The topological polar surface area (TPSA) is 44.8 Å². The van der Waals surface area contributed by atoms with Gasteiger partial charge in [-0.2, -0.15) is 0 Å². The average molecular weight is 264 g/mol. The maximum absolute atomic E-state index is 12.9. The molecule has 4 heteroatoms. The molecule has 0 bridgehead atoms. The van der Waals surface area contributed by atoms with Crippen molar-refractivity contribution in [2.24, 2.45) is 0 Å². The van der Waals surface area contributed by atoms with Gasteiger partial charge in [-0.1, -0.05) is 6.07 Å². The summed E-state index contributed by atoms with van der Waals surface area (Å²) in [7, 11) is 4.71. The Morgan fingerprint density at radius 3 is 2.00 bits per heavy atom. The Kier molecular flexibility index (Phi) is 4.10. The van der Waals surface area contributed by atoms with Crippen LogP contribution in [0.5, 0.6) is 11.5 Å². The van der Waals surface area contributed by atoms with Gasteiger partial charge in [-0.25, -0.2) is 0 Å². The summed E-state index contributed by atoms with van der Waals surface area (Å²) >= 11 is 0. The van der Waals surface area contributed by atoms with Crippen molar-refractivity contribution in [2.45, 2.75) is 31.3 Å². The molecule has 0 N–H and O–H groups in total. The smallest absolute Gasteiger partial charge is 0.202 e. The Balaban J connectivity index is 2.48. The predicted molar refractivity (Wildman–Crippen MR) is 72.1 cm³/mol. The molecule has 1 aliphatic carbocycles. The second-order valence-corrected chi connectivity index (χ2v) is 4.77. The van der Waals surface area contributed by atoms with Crippen LogP contribution in [0.1, 0.15) is 36.0 Å². The fourth-order valence-electron chi connectivity index (χ4n) is 2.77. The quantitative estimate of drug-likeness (QED) is 0.767. The van der Waals surface area contributed by atoms with Crippen molar-refractivity contribution in [3.05, 3.63) is 23.8 Å². The molecule has 0 unspecified atom stereocenters. The average Bonchev–Trinajstić information content (AvgIpc) is 2.95. The summed E-state index contributed by atoms with van der Waals surface area (Å²) in [4.78, 5) is 12.9. The van der Waals surface area contributed by atoms with E-state index in [1.807, 2.05) is 6.07 Å². The lowest BCUT2D eigenvalue weighted by atomic mass is 9.90. The minimum absolute atomic E-state index is 0.0400. The minimum Gasteiger partial charge on any atom is -0.496 e. The van der Waals surface area contributed by atoms with Crippen LogP contribution in [-0.4, -0.2) is 32.7 Å². The van der Waals surface area contributed by atoms with Crippen LogP contribution in [0, 0.1) is 0 Å². The van der Waals surface area contributed by atoms with Crippen molar-refractivity contribution in [3.63, 3.8) is 0 Å². The van der Waals surface area contributed by atoms with Gasteiger partial charge in [0, 0.05) is 7.11 Å². The number of carbonyl (C=O) groups excluding carboxylic acids is 1. The fraction of sp³-hybridized carbons (Fsp3) is 0.533. The third kappa shape index (κ3) is 2.32. The summed E-state index contributed by atoms with van der Waals surface area (Å²) in [5.41, 5.74) is -0.238. The highest BCUT2D eigenvalue weighted by Gasteiger charge is 2.43. The van der Waals surface area contributed by atoms with Crippen molar-refractivity contribution >= 4 is 5.78 Å². The van der Waals surface area contributed by atoms with Crippen LogP contribution in [0.15, 0.2) is 18.2 Å². The normalized spacial score (nSPS) is 17.2. The number of ether oxygens (including phenoxy) is 3. The molecule has 0 saturated heterocycles. The maximum atomic E-state index is 12.9. The number of carbonyl (C=O) groups is 1. The number of hydrogen-bond acceptors (Lipinski definition) is 4. The van der Waals surface area contributed by atoms with Crippen molar-refractivity contribution in [1.82, 2.24) is 0 Å². The van der Waals surface area contributed by atoms with Gasteiger partial charge in [0.2, 0.25) is 5.78 Å². The van der Waals surface area contributed by atoms with E-state index < -0.39 is 5.60 Å². The molecule has 0 aliphatic heterocycles. The van der Waals surface area contributed by atoms with Crippen LogP contribution in [0.4, 0.5) is 0 Å². The maximum Gasteiger partial charge on any atom is 0.202 e. The zero-order valence-electron chi connectivity index (χ0n) is 11.7. The van der Waals surface area contributed by atoms with E-state index in [2.05, 4.69) is 0 Å². The monoisotopic (exact) mass is 264 g/mol. The standard InChI is InChI=1S/C15H20O4/c1-17-11-7-6-8-12(18-2)13(11)14(16)15(19-3)9-4-5-10-15/h6-8H,4-5,9-10H2,1-3H3. The molecular formula is C15H20O4. The second-order valence-electron chi connectivity index (χ2n) is 4.77. The van der Waals surface area contributed by atoms with Gasteiger partial charge in [0.05, 0.1) is 14.2 Å². The molecule has 2 rings (SSSR count). The van der Waals surface area contributed by atoms with E-state index in [4.69, 9.17) is 14.2 Å². The molecule has 0 heterocycles. The molecule has 4 nitrogen and oxygen atoms in total. The molecule has 1 aromatic rings. The molecule has 104 valence electrons. The van der Waals surface area contributed by atoms with Crippen molar-refractivity contribution in [1.29, 1.82) is 0 Å². The number of rotatable bonds is 5. The van der Waals surface area contributed by atoms with Crippen molar-refractivity contribution < 1.29 is 19.0 Å². The zero-order valence-corrected chi connectivity index (χ0v) is 11.7. The Hall–Kier alpha value is -1.55. The van der Waals surface area contributed by atoms with Gasteiger partial charge in [-0.05, 0) is 37.8 Å². The summed E-state index contributed by atoms with van der Waals surface area (Å²) < 4.78 is 16.2. The molecule has 19 heavy (non-hydrogen) atoms. The first-order chi connectivity index (χ1) is 9.18. The molecule has 1 aromatic carbocycles. The molecule has 0 aromatic heterocycles. The number of benzene rings is 1. The molecule has 0 amide bonds. The molecule has 0 radical (unpaired) electrons. The number of hydrogen-bond donors (Lipinski definition) is 0. The van der Waals surface area contributed by atoms with Gasteiger partial charge in [-0.15, -0.1) is 0 Å². The van der Waals surface area contributed by atoms with Crippen LogP contribution in [0.25, 0.3) is 0 Å². The first kappa shape index (κ1) is 13.9.